The largest absolute Gasteiger partial charge is 0.483 e. The van der Waals surface area contributed by atoms with Gasteiger partial charge in [-0.3, -0.25) is 19.5 Å². The molecule has 46 heavy (non-hydrogen) atoms. The Bertz CT molecular complexity index is 1820. The number of aromatic nitrogens is 2. The van der Waals surface area contributed by atoms with Gasteiger partial charge in [0.15, 0.2) is 6.61 Å². The number of nitrogens with one attached hydrogen (secondary N) is 3. The van der Waals surface area contributed by atoms with E-state index in [0.717, 1.165) is 23.1 Å². The van der Waals surface area contributed by atoms with Crippen LogP contribution in [0.5, 0.6) is 5.75 Å². The lowest BCUT2D eigenvalue weighted by Crippen LogP contribution is -2.24. The fourth-order valence-corrected chi connectivity index (χ4v) is 5.80. The van der Waals surface area contributed by atoms with Gasteiger partial charge in [0, 0.05) is 21.8 Å². The molecule has 244 valence electrons. The molecule has 3 aromatic carbocycles. The summed E-state index contributed by atoms with van der Waals surface area (Å²) in [6, 6.07) is 15.6. The summed E-state index contributed by atoms with van der Waals surface area (Å²) in [6.07, 6.45) is 1.90. The SMILES string of the molecule is CCC(C)(C)c1ccc(OCC(=O)Nc2cccc(C(=O)Nc3[nH]n(-c4c(Cl)cc(Cl)cc4Cl)c(=O)c3C)c2)c(C(C)(C)CC)c1. The summed E-state index contributed by atoms with van der Waals surface area (Å²) in [5.41, 5.74) is 2.83. The molecule has 4 aromatic rings. The molecular weight excluding hydrogens is 647 g/mol. The smallest absolute Gasteiger partial charge is 0.276 e. The number of nitrogens with zero attached hydrogens (tertiary/aromatic N) is 1. The molecule has 1 heterocycles. The molecule has 0 unspecified atom stereocenters. The van der Waals surface area contributed by atoms with E-state index in [0.29, 0.717) is 16.5 Å². The first kappa shape index (κ1) is 35.1. The summed E-state index contributed by atoms with van der Waals surface area (Å²) in [5, 5.41) is 9.01. The monoisotopic (exact) mass is 684 g/mol. The number of hydrogen-bond donors (Lipinski definition) is 3. The van der Waals surface area contributed by atoms with E-state index in [4.69, 9.17) is 39.5 Å². The van der Waals surface area contributed by atoms with Crippen LogP contribution in [0.15, 0.2) is 59.4 Å². The lowest BCUT2D eigenvalue weighted by molar-refractivity contribution is -0.118. The summed E-state index contributed by atoms with van der Waals surface area (Å²) >= 11 is 18.6. The van der Waals surface area contributed by atoms with Gasteiger partial charge in [-0.25, -0.2) is 4.68 Å². The molecule has 0 aliphatic carbocycles. The number of carbonyl (C=O) groups excluding carboxylic acids is 2. The normalized spacial score (nSPS) is 11.8. The Hall–Kier alpha value is -3.72. The third kappa shape index (κ3) is 7.63. The predicted molar refractivity (Wildman–Crippen MR) is 188 cm³/mol. The lowest BCUT2D eigenvalue weighted by Gasteiger charge is -2.30. The summed E-state index contributed by atoms with van der Waals surface area (Å²) in [6.45, 7) is 14.4. The van der Waals surface area contributed by atoms with Crippen LogP contribution in [0.3, 0.4) is 0 Å². The topological polar surface area (TPSA) is 105 Å². The Morgan fingerprint density at radius 3 is 2.17 bits per heavy atom. The maximum atomic E-state index is 13.2. The van der Waals surface area contributed by atoms with E-state index in [-0.39, 0.29) is 56.0 Å². The third-order valence-electron chi connectivity index (χ3n) is 8.59. The van der Waals surface area contributed by atoms with Crippen molar-refractivity contribution in [3.8, 4) is 11.4 Å². The van der Waals surface area contributed by atoms with Crippen LogP contribution in [-0.4, -0.2) is 28.2 Å². The van der Waals surface area contributed by atoms with Crippen LogP contribution >= 0.6 is 34.8 Å². The first-order valence-corrected chi connectivity index (χ1v) is 16.2. The molecule has 8 nitrogen and oxygen atoms in total. The maximum Gasteiger partial charge on any atom is 0.276 e. The van der Waals surface area contributed by atoms with Crippen LogP contribution in [-0.2, 0) is 15.6 Å². The van der Waals surface area contributed by atoms with Crippen LogP contribution in [0.25, 0.3) is 5.69 Å². The minimum atomic E-state index is -0.501. The number of carbonyl (C=O) groups is 2. The van der Waals surface area contributed by atoms with Crippen molar-refractivity contribution in [1.29, 1.82) is 0 Å². The van der Waals surface area contributed by atoms with Gasteiger partial charge in [0.25, 0.3) is 17.4 Å². The summed E-state index contributed by atoms with van der Waals surface area (Å²) in [5.74, 6) is -0.0363. The Morgan fingerprint density at radius 2 is 1.54 bits per heavy atom. The predicted octanol–water partition coefficient (Wildman–Crippen LogP) is 9.08. The quantitative estimate of drug-likeness (QED) is 0.146. The van der Waals surface area contributed by atoms with Gasteiger partial charge in [-0.2, -0.15) is 0 Å². The molecule has 0 fully saturated rings. The third-order valence-corrected chi connectivity index (χ3v) is 9.39. The van der Waals surface area contributed by atoms with E-state index in [9.17, 15) is 14.4 Å². The lowest BCUT2D eigenvalue weighted by atomic mass is 9.76. The molecule has 0 saturated carbocycles. The van der Waals surface area contributed by atoms with Crippen LogP contribution in [0.2, 0.25) is 15.1 Å². The highest BCUT2D eigenvalue weighted by Gasteiger charge is 2.27. The molecule has 1 aromatic heterocycles. The number of benzene rings is 3. The van der Waals surface area contributed by atoms with E-state index >= 15 is 0 Å². The molecule has 0 spiro atoms. The van der Waals surface area contributed by atoms with Gasteiger partial charge < -0.3 is 15.4 Å². The Labute approximate surface area is 284 Å². The summed E-state index contributed by atoms with van der Waals surface area (Å²) in [4.78, 5) is 39.1. The molecule has 3 N–H and O–H groups in total. The van der Waals surface area contributed by atoms with Crippen LogP contribution in [0, 0.1) is 6.92 Å². The zero-order valence-electron chi connectivity index (χ0n) is 27.0. The molecule has 0 atom stereocenters. The molecule has 0 saturated heterocycles. The van der Waals surface area contributed by atoms with Crippen molar-refractivity contribution < 1.29 is 14.3 Å². The van der Waals surface area contributed by atoms with E-state index in [1.54, 1.807) is 25.1 Å². The molecule has 0 bridgehead atoms. The number of amides is 2. The number of aromatic amines is 1. The molecule has 11 heteroatoms. The van der Waals surface area contributed by atoms with E-state index < -0.39 is 11.5 Å². The van der Waals surface area contributed by atoms with Gasteiger partial charge in [0.1, 0.15) is 17.3 Å². The van der Waals surface area contributed by atoms with E-state index in [2.05, 4.69) is 69.4 Å². The van der Waals surface area contributed by atoms with E-state index in [1.165, 1.54) is 23.8 Å². The van der Waals surface area contributed by atoms with Crippen molar-refractivity contribution in [2.75, 3.05) is 17.2 Å². The number of ether oxygens (including phenoxy) is 1. The van der Waals surface area contributed by atoms with Crippen molar-refractivity contribution in [2.24, 2.45) is 0 Å². The van der Waals surface area contributed by atoms with Crippen molar-refractivity contribution in [3.63, 3.8) is 0 Å². The number of halogens is 3. The fourth-order valence-electron chi connectivity index (χ4n) is 4.81. The van der Waals surface area contributed by atoms with Gasteiger partial charge in [-0.1, -0.05) is 94.5 Å². The highest BCUT2D eigenvalue weighted by atomic mass is 35.5. The van der Waals surface area contributed by atoms with Crippen molar-refractivity contribution in [3.05, 3.63) is 102 Å². The number of anilines is 2. The molecule has 2 amide bonds. The minimum Gasteiger partial charge on any atom is -0.483 e. The second kappa shape index (κ2) is 14.0. The first-order valence-electron chi connectivity index (χ1n) is 15.0. The minimum absolute atomic E-state index is 0.0158. The Balaban J connectivity index is 1.47. The van der Waals surface area contributed by atoms with Crippen molar-refractivity contribution >= 4 is 58.1 Å². The average molecular weight is 686 g/mol. The average Bonchev–Trinajstić information content (AvgIpc) is 3.27. The van der Waals surface area contributed by atoms with Gasteiger partial charge in [-0.15, -0.1) is 0 Å². The maximum absolute atomic E-state index is 13.2. The number of H-pyrrole nitrogens is 1. The zero-order chi connectivity index (χ0) is 34.0. The zero-order valence-corrected chi connectivity index (χ0v) is 29.3. The van der Waals surface area contributed by atoms with Gasteiger partial charge in [0.05, 0.1) is 15.6 Å². The van der Waals surface area contributed by atoms with Gasteiger partial charge >= 0.3 is 0 Å². The number of hydrogen-bond acceptors (Lipinski definition) is 4. The summed E-state index contributed by atoms with van der Waals surface area (Å²) in [7, 11) is 0. The molecule has 0 aliphatic heterocycles. The highest BCUT2D eigenvalue weighted by molar-refractivity contribution is 6.40. The second-order valence-electron chi connectivity index (χ2n) is 12.5. The highest BCUT2D eigenvalue weighted by Crippen LogP contribution is 2.38. The second-order valence-corrected chi connectivity index (χ2v) is 13.8. The molecule has 0 aliphatic rings. The number of rotatable bonds is 11. The standard InChI is InChI=1S/C35H39Cl3N4O4/c1-8-34(4,5)22-13-14-28(25(16-22)35(6,7)9-2)46-19-29(43)39-24-12-10-11-21(15-24)32(44)40-31-20(3)33(45)42(41-31)30-26(37)17-23(36)18-27(30)38/h10-18,41H,8-9,19H2,1-7H3,(H,39,43)(H,40,44). The van der Waals surface area contributed by atoms with Crippen LogP contribution in [0.4, 0.5) is 11.5 Å². The van der Waals surface area contributed by atoms with Gasteiger partial charge in [0.2, 0.25) is 0 Å². The van der Waals surface area contributed by atoms with Crippen molar-refractivity contribution in [2.45, 2.75) is 72.1 Å². The Kier molecular flexibility index (Phi) is 10.7. The fraction of sp³-hybridized carbons (Fsp3) is 0.343. The molecular formula is C35H39Cl3N4O4. The first-order chi connectivity index (χ1) is 21.6. The van der Waals surface area contributed by atoms with E-state index in [1.807, 2.05) is 6.07 Å². The Morgan fingerprint density at radius 1 is 0.891 bits per heavy atom. The van der Waals surface area contributed by atoms with Gasteiger partial charge in [-0.05, 0) is 72.6 Å². The van der Waals surface area contributed by atoms with Crippen molar-refractivity contribution in [1.82, 2.24) is 9.78 Å². The van der Waals surface area contributed by atoms with Crippen LogP contribution < -0.4 is 20.9 Å². The molecule has 0 radical (unpaired) electrons. The van der Waals surface area contributed by atoms with Crippen LogP contribution in [0.1, 0.15) is 81.4 Å². The summed E-state index contributed by atoms with van der Waals surface area (Å²) < 4.78 is 7.20. The molecule has 4 rings (SSSR count).